The van der Waals surface area contributed by atoms with E-state index in [0.29, 0.717) is 5.75 Å². The molecule has 0 bridgehead atoms. The van der Waals surface area contributed by atoms with Gasteiger partial charge in [-0.3, -0.25) is 0 Å². The van der Waals surface area contributed by atoms with E-state index in [0.717, 1.165) is 32.4 Å². The highest BCUT2D eigenvalue weighted by molar-refractivity contribution is 7.99. The SMILES string of the molecule is O=C(O)COc1ccc(SC/C=C(/c2ccccc2)c2ccc(Cl)cc2)cc1. The topological polar surface area (TPSA) is 46.5 Å². The third-order valence-corrected chi connectivity index (χ3v) is 5.15. The number of halogens is 1. The zero-order valence-corrected chi connectivity index (χ0v) is 16.6. The van der Waals surface area contributed by atoms with E-state index in [-0.39, 0.29) is 6.61 Å². The molecule has 0 aromatic heterocycles. The number of hydrogen-bond acceptors (Lipinski definition) is 3. The summed E-state index contributed by atoms with van der Waals surface area (Å²) in [4.78, 5) is 11.6. The van der Waals surface area contributed by atoms with Crippen molar-refractivity contribution in [3.63, 3.8) is 0 Å². The molecule has 3 aromatic rings. The third kappa shape index (κ3) is 5.91. The molecule has 3 aromatic carbocycles. The summed E-state index contributed by atoms with van der Waals surface area (Å²) in [5.41, 5.74) is 3.43. The molecule has 0 spiro atoms. The summed E-state index contributed by atoms with van der Waals surface area (Å²) in [6.07, 6.45) is 2.21. The van der Waals surface area contributed by atoms with Crippen molar-refractivity contribution in [2.45, 2.75) is 4.90 Å². The van der Waals surface area contributed by atoms with E-state index >= 15 is 0 Å². The van der Waals surface area contributed by atoms with Gasteiger partial charge >= 0.3 is 5.97 Å². The van der Waals surface area contributed by atoms with Crippen molar-refractivity contribution in [2.24, 2.45) is 0 Å². The third-order valence-electron chi connectivity index (χ3n) is 3.96. The second-order valence-electron chi connectivity index (χ2n) is 5.96. The zero-order chi connectivity index (χ0) is 19.8. The first-order valence-corrected chi connectivity index (χ1v) is 10.1. The molecule has 142 valence electrons. The lowest BCUT2D eigenvalue weighted by atomic mass is 9.98. The maximum atomic E-state index is 10.6. The van der Waals surface area contributed by atoms with Gasteiger partial charge in [-0.25, -0.2) is 4.79 Å². The number of rotatable bonds is 8. The smallest absolute Gasteiger partial charge is 0.341 e. The van der Waals surface area contributed by atoms with E-state index in [4.69, 9.17) is 21.4 Å². The first-order chi connectivity index (χ1) is 13.6. The van der Waals surface area contributed by atoms with Crippen LogP contribution in [0.2, 0.25) is 5.02 Å². The molecule has 0 aliphatic heterocycles. The summed E-state index contributed by atoms with van der Waals surface area (Å²) in [5, 5.41) is 9.38. The average Bonchev–Trinajstić information content (AvgIpc) is 2.72. The minimum absolute atomic E-state index is 0.337. The van der Waals surface area contributed by atoms with E-state index in [1.165, 1.54) is 0 Å². The van der Waals surface area contributed by atoms with Crippen LogP contribution < -0.4 is 4.74 Å². The highest BCUT2D eigenvalue weighted by atomic mass is 35.5. The van der Waals surface area contributed by atoms with Gasteiger partial charge in [0.25, 0.3) is 0 Å². The summed E-state index contributed by atoms with van der Waals surface area (Å²) in [7, 11) is 0. The van der Waals surface area contributed by atoms with Gasteiger partial charge in [-0.15, -0.1) is 11.8 Å². The predicted octanol–water partition coefficient (Wildman–Crippen LogP) is 6.03. The Morgan fingerprint density at radius 3 is 2.21 bits per heavy atom. The molecule has 1 N–H and O–H groups in total. The summed E-state index contributed by atoms with van der Waals surface area (Å²) in [6.45, 7) is -0.337. The first-order valence-electron chi connectivity index (χ1n) is 8.71. The highest BCUT2D eigenvalue weighted by Crippen LogP contribution is 2.27. The van der Waals surface area contributed by atoms with Crippen LogP contribution in [0.15, 0.2) is 89.8 Å². The fourth-order valence-electron chi connectivity index (χ4n) is 2.65. The number of carboxylic acid groups (broad SMARTS) is 1. The van der Waals surface area contributed by atoms with E-state index in [9.17, 15) is 4.79 Å². The maximum Gasteiger partial charge on any atom is 0.341 e. The van der Waals surface area contributed by atoms with Crippen molar-refractivity contribution < 1.29 is 14.6 Å². The standard InChI is InChI=1S/C23H19ClO3S/c24-19-8-6-18(7-9-19)22(17-4-2-1-3-5-17)14-15-28-21-12-10-20(11-13-21)27-16-23(25)26/h1-14H,15-16H2,(H,25,26)/b22-14-. The molecular weight excluding hydrogens is 392 g/mol. The van der Waals surface area contributed by atoms with E-state index < -0.39 is 5.97 Å². The molecule has 0 aliphatic rings. The molecule has 28 heavy (non-hydrogen) atoms. The number of aliphatic carboxylic acids is 1. The van der Waals surface area contributed by atoms with Crippen LogP contribution in [-0.2, 0) is 4.79 Å². The number of benzene rings is 3. The highest BCUT2D eigenvalue weighted by Gasteiger charge is 2.05. The molecule has 0 amide bonds. The fourth-order valence-corrected chi connectivity index (χ4v) is 3.54. The van der Waals surface area contributed by atoms with Gasteiger partial charge in [0.05, 0.1) is 0 Å². The quantitative estimate of drug-likeness (QED) is 0.461. The van der Waals surface area contributed by atoms with Gasteiger partial charge in [-0.05, 0) is 53.1 Å². The van der Waals surface area contributed by atoms with Crippen LogP contribution in [0.3, 0.4) is 0 Å². The largest absolute Gasteiger partial charge is 0.482 e. The molecule has 0 heterocycles. The average molecular weight is 411 g/mol. The molecule has 0 radical (unpaired) electrons. The van der Waals surface area contributed by atoms with E-state index in [1.54, 1.807) is 23.9 Å². The minimum atomic E-state index is -0.987. The van der Waals surface area contributed by atoms with Gasteiger partial charge in [0.15, 0.2) is 6.61 Å². The van der Waals surface area contributed by atoms with Crippen LogP contribution >= 0.6 is 23.4 Å². The Labute approximate surface area is 173 Å². The monoisotopic (exact) mass is 410 g/mol. The molecule has 0 saturated carbocycles. The number of ether oxygens (including phenoxy) is 1. The molecule has 0 saturated heterocycles. The Morgan fingerprint density at radius 1 is 0.929 bits per heavy atom. The second kappa shape index (κ2) is 10.0. The van der Waals surface area contributed by atoms with Crippen molar-refractivity contribution in [3.8, 4) is 5.75 Å². The number of carboxylic acids is 1. The fraction of sp³-hybridized carbons (Fsp3) is 0.0870. The molecule has 3 rings (SSSR count). The summed E-state index contributed by atoms with van der Waals surface area (Å²) in [6, 6.07) is 25.5. The van der Waals surface area contributed by atoms with Gasteiger partial charge in [0.2, 0.25) is 0 Å². The molecule has 0 aliphatic carbocycles. The van der Waals surface area contributed by atoms with Crippen molar-refractivity contribution in [2.75, 3.05) is 12.4 Å². The number of carbonyl (C=O) groups is 1. The summed E-state index contributed by atoms with van der Waals surface area (Å²) < 4.78 is 5.16. The van der Waals surface area contributed by atoms with Crippen LogP contribution in [0, 0.1) is 0 Å². The predicted molar refractivity (Wildman–Crippen MR) is 115 cm³/mol. The Balaban J connectivity index is 1.71. The Kier molecular flexibility index (Phi) is 7.18. The van der Waals surface area contributed by atoms with E-state index in [2.05, 4.69) is 18.2 Å². The molecule has 3 nitrogen and oxygen atoms in total. The normalized spacial score (nSPS) is 11.2. The summed E-state index contributed by atoms with van der Waals surface area (Å²) in [5.74, 6) is 0.356. The second-order valence-corrected chi connectivity index (χ2v) is 7.49. The lowest BCUT2D eigenvalue weighted by molar-refractivity contribution is -0.139. The molecule has 0 unspecified atom stereocenters. The van der Waals surface area contributed by atoms with Crippen LogP contribution in [-0.4, -0.2) is 23.4 Å². The van der Waals surface area contributed by atoms with Gasteiger partial charge < -0.3 is 9.84 Å². The molecule has 0 atom stereocenters. The number of thioether (sulfide) groups is 1. The van der Waals surface area contributed by atoms with Crippen molar-refractivity contribution >= 4 is 34.9 Å². The van der Waals surface area contributed by atoms with Crippen molar-refractivity contribution in [3.05, 3.63) is 101 Å². The van der Waals surface area contributed by atoms with Gasteiger partial charge in [-0.2, -0.15) is 0 Å². The van der Waals surface area contributed by atoms with Crippen LogP contribution in [0.4, 0.5) is 0 Å². The van der Waals surface area contributed by atoms with E-state index in [1.807, 2.05) is 54.6 Å². The number of hydrogen-bond donors (Lipinski definition) is 1. The van der Waals surface area contributed by atoms with Crippen LogP contribution in [0.5, 0.6) is 5.75 Å². The molecular formula is C23H19ClO3S. The Bertz CT molecular complexity index is 936. The lowest BCUT2D eigenvalue weighted by Gasteiger charge is -2.09. The Morgan fingerprint density at radius 2 is 1.57 bits per heavy atom. The minimum Gasteiger partial charge on any atom is -0.482 e. The van der Waals surface area contributed by atoms with Gasteiger partial charge in [-0.1, -0.05) is 60.1 Å². The maximum absolute atomic E-state index is 10.6. The van der Waals surface area contributed by atoms with Crippen LogP contribution in [0.1, 0.15) is 11.1 Å². The zero-order valence-electron chi connectivity index (χ0n) is 15.0. The first kappa shape index (κ1) is 20.1. The van der Waals surface area contributed by atoms with Crippen molar-refractivity contribution in [1.29, 1.82) is 0 Å². The molecule has 0 fully saturated rings. The Hall–Kier alpha value is -2.69. The van der Waals surface area contributed by atoms with Gasteiger partial charge in [0, 0.05) is 15.7 Å². The van der Waals surface area contributed by atoms with Crippen LogP contribution in [0.25, 0.3) is 5.57 Å². The van der Waals surface area contributed by atoms with Gasteiger partial charge in [0.1, 0.15) is 5.75 Å². The molecule has 5 heteroatoms. The summed E-state index contributed by atoms with van der Waals surface area (Å²) >= 11 is 7.73. The van der Waals surface area contributed by atoms with Crippen molar-refractivity contribution in [1.82, 2.24) is 0 Å². The lowest BCUT2D eigenvalue weighted by Crippen LogP contribution is -2.09.